The lowest BCUT2D eigenvalue weighted by atomic mass is 9.91. The number of nitrogens with zero attached hydrogens (tertiary/aromatic N) is 2. The van der Waals surface area contributed by atoms with Gasteiger partial charge in [-0.25, -0.2) is 0 Å². The van der Waals surface area contributed by atoms with Crippen molar-refractivity contribution in [3.05, 3.63) is 24.2 Å². The van der Waals surface area contributed by atoms with Crippen molar-refractivity contribution >= 4 is 5.96 Å². The van der Waals surface area contributed by atoms with E-state index >= 15 is 0 Å². The van der Waals surface area contributed by atoms with E-state index in [0.717, 1.165) is 62.8 Å². The molecular weight excluding hydrogens is 314 g/mol. The van der Waals surface area contributed by atoms with Crippen LogP contribution in [0.5, 0.6) is 0 Å². The third-order valence-electron chi connectivity index (χ3n) is 6.04. The summed E-state index contributed by atoms with van der Waals surface area (Å²) in [7, 11) is 0. The smallest absolute Gasteiger partial charge is 0.194 e. The summed E-state index contributed by atoms with van der Waals surface area (Å²) < 4.78 is 11.0. The summed E-state index contributed by atoms with van der Waals surface area (Å²) in [6.45, 7) is 4.95. The normalized spacial score (nSPS) is 28.2. The molecule has 2 saturated heterocycles. The van der Waals surface area contributed by atoms with Crippen LogP contribution in [0.4, 0.5) is 0 Å². The monoisotopic (exact) mass is 345 g/mol. The molecule has 3 heterocycles. The summed E-state index contributed by atoms with van der Waals surface area (Å²) in [6.07, 6.45) is 10.4. The van der Waals surface area contributed by atoms with Crippen molar-refractivity contribution in [2.45, 2.75) is 51.0 Å². The molecule has 0 amide bonds. The first-order valence-electron chi connectivity index (χ1n) is 10.0. The van der Waals surface area contributed by atoms with E-state index in [2.05, 4.69) is 10.2 Å². The molecule has 0 spiro atoms. The zero-order chi connectivity index (χ0) is 16.9. The number of nitrogens with one attached hydrogen (secondary N) is 1. The molecule has 3 fully saturated rings. The zero-order valence-electron chi connectivity index (χ0n) is 15.2. The fraction of sp³-hybridized carbons (Fsp3) is 0.750. The minimum absolute atomic E-state index is 0.608. The van der Waals surface area contributed by atoms with Gasteiger partial charge >= 0.3 is 0 Å². The van der Waals surface area contributed by atoms with Crippen molar-refractivity contribution in [2.75, 3.05) is 32.8 Å². The summed E-state index contributed by atoms with van der Waals surface area (Å²) in [5, 5.41) is 3.76. The van der Waals surface area contributed by atoms with E-state index in [9.17, 15) is 0 Å². The van der Waals surface area contributed by atoms with Crippen LogP contribution < -0.4 is 5.32 Å². The fourth-order valence-corrected chi connectivity index (χ4v) is 4.51. The quantitative estimate of drug-likeness (QED) is 0.658. The Morgan fingerprint density at radius 1 is 1.20 bits per heavy atom. The molecule has 0 aromatic carbocycles. The molecule has 1 aromatic rings. The largest absolute Gasteiger partial charge is 0.469 e. The number of guanidine groups is 1. The van der Waals surface area contributed by atoms with Gasteiger partial charge in [0.2, 0.25) is 0 Å². The van der Waals surface area contributed by atoms with E-state index < -0.39 is 0 Å². The van der Waals surface area contributed by atoms with Gasteiger partial charge in [0.1, 0.15) is 5.76 Å². The standard InChI is InChI=1S/C20H31N3O2/c1-2-5-18(4-1)22-20(21-10-7-19-6-3-12-25-19)23-11-8-16(14-23)17-9-13-24-15-17/h3,6,12,16-18H,1-2,4-5,7-11,13-15H2,(H,21,22). The molecule has 5 heteroatoms. The van der Waals surface area contributed by atoms with Crippen molar-refractivity contribution in [3.8, 4) is 0 Å². The van der Waals surface area contributed by atoms with Gasteiger partial charge in [-0.15, -0.1) is 0 Å². The first kappa shape index (κ1) is 17.0. The average Bonchev–Trinajstić information content (AvgIpc) is 3.41. The second-order valence-corrected chi connectivity index (χ2v) is 7.78. The molecule has 2 unspecified atom stereocenters. The van der Waals surface area contributed by atoms with Crippen molar-refractivity contribution in [2.24, 2.45) is 16.8 Å². The van der Waals surface area contributed by atoms with Gasteiger partial charge in [-0.3, -0.25) is 4.99 Å². The highest BCUT2D eigenvalue weighted by Gasteiger charge is 2.33. The Morgan fingerprint density at radius 2 is 2.12 bits per heavy atom. The van der Waals surface area contributed by atoms with Crippen LogP contribution in [0.15, 0.2) is 27.8 Å². The summed E-state index contributed by atoms with van der Waals surface area (Å²) in [5.74, 6) is 3.66. The maximum Gasteiger partial charge on any atom is 0.194 e. The molecule has 2 aliphatic heterocycles. The molecule has 1 N–H and O–H groups in total. The van der Waals surface area contributed by atoms with Crippen LogP contribution in [-0.4, -0.2) is 49.7 Å². The Kier molecular flexibility index (Phi) is 5.60. The maximum atomic E-state index is 5.60. The summed E-state index contributed by atoms with van der Waals surface area (Å²) in [4.78, 5) is 7.43. The van der Waals surface area contributed by atoms with Gasteiger partial charge in [0.25, 0.3) is 0 Å². The van der Waals surface area contributed by atoms with Crippen molar-refractivity contribution in [1.29, 1.82) is 0 Å². The first-order chi connectivity index (χ1) is 12.4. The SMILES string of the molecule is c1coc(CCN=C(NC2CCCC2)N2CCC(C3CCOC3)C2)c1. The molecule has 138 valence electrons. The van der Waals surface area contributed by atoms with Gasteiger partial charge in [-0.05, 0) is 49.7 Å². The van der Waals surface area contributed by atoms with Crippen LogP contribution in [0.1, 0.15) is 44.3 Å². The highest BCUT2D eigenvalue weighted by Crippen LogP contribution is 2.30. The Balaban J connectivity index is 1.37. The molecule has 3 aliphatic rings. The van der Waals surface area contributed by atoms with E-state index in [-0.39, 0.29) is 0 Å². The molecule has 0 radical (unpaired) electrons. The molecular formula is C20H31N3O2. The lowest BCUT2D eigenvalue weighted by Gasteiger charge is -2.26. The van der Waals surface area contributed by atoms with Crippen LogP contribution in [-0.2, 0) is 11.2 Å². The molecule has 1 saturated carbocycles. The van der Waals surface area contributed by atoms with Crippen LogP contribution in [0, 0.1) is 11.8 Å². The summed E-state index contributed by atoms with van der Waals surface area (Å²) >= 11 is 0. The van der Waals surface area contributed by atoms with Gasteiger partial charge in [0.15, 0.2) is 5.96 Å². The molecule has 1 aromatic heterocycles. The number of ether oxygens (including phenoxy) is 1. The topological polar surface area (TPSA) is 50.0 Å². The Morgan fingerprint density at radius 3 is 2.88 bits per heavy atom. The van der Waals surface area contributed by atoms with Gasteiger partial charge in [0, 0.05) is 45.3 Å². The third-order valence-corrected chi connectivity index (χ3v) is 6.04. The summed E-state index contributed by atoms with van der Waals surface area (Å²) in [6, 6.07) is 4.59. The minimum Gasteiger partial charge on any atom is -0.469 e. The fourth-order valence-electron chi connectivity index (χ4n) is 4.51. The van der Waals surface area contributed by atoms with Crippen LogP contribution >= 0.6 is 0 Å². The predicted molar refractivity (Wildman–Crippen MR) is 98.7 cm³/mol. The van der Waals surface area contributed by atoms with Gasteiger partial charge in [0.05, 0.1) is 6.26 Å². The van der Waals surface area contributed by atoms with Gasteiger partial charge < -0.3 is 19.4 Å². The van der Waals surface area contributed by atoms with Gasteiger partial charge in [-0.2, -0.15) is 0 Å². The van der Waals surface area contributed by atoms with Crippen LogP contribution in [0.25, 0.3) is 0 Å². The number of hydrogen-bond donors (Lipinski definition) is 1. The number of hydrogen-bond acceptors (Lipinski definition) is 3. The predicted octanol–water partition coefficient (Wildman–Crippen LogP) is 3.07. The zero-order valence-corrected chi connectivity index (χ0v) is 15.2. The van der Waals surface area contributed by atoms with E-state index in [0.29, 0.717) is 6.04 Å². The molecule has 25 heavy (non-hydrogen) atoms. The second-order valence-electron chi connectivity index (χ2n) is 7.78. The van der Waals surface area contributed by atoms with Crippen molar-refractivity contribution < 1.29 is 9.15 Å². The number of likely N-dealkylation sites (tertiary alicyclic amines) is 1. The molecule has 1 aliphatic carbocycles. The molecule has 0 bridgehead atoms. The molecule has 2 atom stereocenters. The molecule has 5 nitrogen and oxygen atoms in total. The Hall–Kier alpha value is -1.49. The Bertz CT molecular complexity index is 545. The summed E-state index contributed by atoms with van der Waals surface area (Å²) in [5.41, 5.74) is 0. The average molecular weight is 345 g/mol. The number of furan rings is 1. The lowest BCUT2D eigenvalue weighted by molar-refractivity contribution is 0.173. The molecule has 4 rings (SSSR count). The van der Waals surface area contributed by atoms with Gasteiger partial charge in [-0.1, -0.05) is 12.8 Å². The first-order valence-corrected chi connectivity index (χ1v) is 10.0. The Labute approximate surface area is 150 Å². The van der Waals surface area contributed by atoms with Crippen molar-refractivity contribution in [3.63, 3.8) is 0 Å². The highest BCUT2D eigenvalue weighted by atomic mass is 16.5. The van der Waals surface area contributed by atoms with E-state index in [1.54, 1.807) is 6.26 Å². The van der Waals surface area contributed by atoms with E-state index in [1.807, 2.05) is 12.1 Å². The van der Waals surface area contributed by atoms with Crippen LogP contribution in [0.2, 0.25) is 0 Å². The number of aliphatic imine (C=N–C) groups is 1. The highest BCUT2D eigenvalue weighted by molar-refractivity contribution is 5.80. The van der Waals surface area contributed by atoms with E-state index in [1.165, 1.54) is 38.5 Å². The lowest BCUT2D eigenvalue weighted by Crippen LogP contribution is -2.44. The van der Waals surface area contributed by atoms with Crippen molar-refractivity contribution in [1.82, 2.24) is 10.2 Å². The van der Waals surface area contributed by atoms with E-state index in [4.69, 9.17) is 14.1 Å². The number of rotatable bonds is 5. The van der Waals surface area contributed by atoms with Crippen LogP contribution in [0.3, 0.4) is 0 Å². The third kappa shape index (κ3) is 4.38. The maximum absolute atomic E-state index is 5.60. The second kappa shape index (κ2) is 8.26. The minimum atomic E-state index is 0.608.